The van der Waals surface area contributed by atoms with Crippen LogP contribution in [0.5, 0.6) is 28.7 Å². The molecule has 0 aromatic heterocycles. The Kier molecular flexibility index (Phi) is 4.20. The number of nitrogen functional groups attached to an aromatic ring is 1. The zero-order valence-electron chi connectivity index (χ0n) is 11.7. The fourth-order valence-electron chi connectivity index (χ4n) is 1.79. The molecule has 2 aromatic rings. The molecule has 0 spiro atoms. The average molecular weight is 275 g/mol. The van der Waals surface area contributed by atoms with Gasteiger partial charge in [-0.1, -0.05) is 0 Å². The van der Waals surface area contributed by atoms with E-state index in [1.165, 1.54) is 0 Å². The highest BCUT2D eigenvalue weighted by atomic mass is 16.5. The fraction of sp³-hybridized carbons (Fsp3) is 0.200. The van der Waals surface area contributed by atoms with E-state index in [9.17, 15) is 0 Å². The molecule has 2 N–H and O–H groups in total. The molecule has 5 heteroatoms. The predicted molar refractivity (Wildman–Crippen MR) is 77.0 cm³/mol. The van der Waals surface area contributed by atoms with Crippen LogP contribution in [0.3, 0.4) is 0 Å². The van der Waals surface area contributed by atoms with Crippen LogP contribution >= 0.6 is 0 Å². The molecule has 0 atom stereocenters. The summed E-state index contributed by atoms with van der Waals surface area (Å²) in [6, 6.07) is 10.6. The number of anilines is 1. The maximum atomic E-state index is 5.75. The van der Waals surface area contributed by atoms with Gasteiger partial charge in [-0.15, -0.1) is 0 Å². The quantitative estimate of drug-likeness (QED) is 0.849. The molecule has 0 saturated heterocycles. The topological polar surface area (TPSA) is 62.9 Å². The number of ether oxygens (including phenoxy) is 4. The molecule has 2 rings (SSSR count). The smallest absolute Gasteiger partial charge is 0.203 e. The molecule has 0 saturated carbocycles. The summed E-state index contributed by atoms with van der Waals surface area (Å²) in [6.07, 6.45) is 0. The molecule has 0 amide bonds. The summed E-state index contributed by atoms with van der Waals surface area (Å²) in [5.41, 5.74) is 6.32. The second kappa shape index (κ2) is 6.06. The minimum atomic E-state index is 0.527. The summed E-state index contributed by atoms with van der Waals surface area (Å²) >= 11 is 0. The van der Waals surface area contributed by atoms with Gasteiger partial charge in [0, 0.05) is 17.8 Å². The second-order valence-corrected chi connectivity index (χ2v) is 4.03. The molecule has 0 heterocycles. The van der Waals surface area contributed by atoms with Crippen molar-refractivity contribution in [2.75, 3.05) is 27.1 Å². The van der Waals surface area contributed by atoms with Gasteiger partial charge < -0.3 is 24.7 Å². The van der Waals surface area contributed by atoms with E-state index in [1.54, 1.807) is 57.7 Å². The third-order valence-corrected chi connectivity index (χ3v) is 2.75. The van der Waals surface area contributed by atoms with Gasteiger partial charge in [-0.05, 0) is 24.3 Å². The Labute approximate surface area is 117 Å². The van der Waals surface area contributed by atoms with E-state index < -0.39 is 0 Å². The highest BCUT2D eigenvalue weighted by molar-refractivity contribution is 5.56. The number of hydrogen-bond acceptors (Lipinski definition) is 5. The second-order valence-electron chi connectivity index (χ2n) is 4.03. The van der Waals surface area contributed by atoms with Gasteiger partial charge in [-0.2, -0.15) is 0 Å². The Morgan fingerprint density at radius 3 is 1.75 bits per heavy atom. The van der Waals surface area contributed by atoms with Crippen molar-refractivity contribution < 1.29 is 18.9 Å². The van der Waals surface area contributed by atoms with Gasteiger partial charge in [-0.3, -0.25) is 0 Å². The van der Waals surface area contributed by atoms with Crippen LogP contribution in [-0.2, 0) is 0 Å². The Morgan fingerprint density at radius 1 is 0.750 bits per heavy atom. The molecular formula is C15H17NO4. The highest BCUT2D eigenvalue weighted by Crippen LogP contribution is 2.41. The Bertz CT molecular complexity index is 556. The van der Waals surface area contributed by atoms with Gasteiger partial charge in [0.15, 0.2) is 11.5 Å². The van der Waals surface area contributed by atoms with Crippen molar-refractivity contribution in [1.82, 2.24) is 0 Å². The van der Waals surface area contributed by atoms with Crippen LogP contribution in [0.1, 0.15) is 0 Å². The summed E-state index contributed by atoms with van der Waals surface area (Å²) in [7, 11) is 4.68. The van der Waals surface area contributed by atoms with Crippen LogP contribution in [0.2, 0.25) is 0 Å². The lowest BCUT2D eigenvalue weighted by molar-refractivity contribution is 0.321. The van der Waals surface area contributed by atoms with Crippen LogP contribution in [0.25, 0.3) is 0 Å². The van der Waals surface area contributed by atoms with E-state index >= 15 is 0 Å². The van der Waals surface area contributed by atoms with Gasteiger partial charge in [-0.25, -0.2) is 0 Å². The normalized spacial score (nSPS) is 9.95. The van der Waals surface area contributed by atoms with Crippen LogP contribution in [-0.4, -0.2) is 21.3 Å². The number of rotatable bonds is 5. The Morgan fingerprint density at radius 2 is 1.30 bits per heavy atom. The minimum Gasteiger partial charge on any atom is -0.493 e. The molecule has 5 nitrogen and oxygen atoms in total. The zero-order chi connectivity index (χ0) is 14.5. The van der Waals surface area contributed by atoms with Crippen LogP contribution in [0.4, 0.5) is 5.69 Å². The molecule has 0 radical (unpaired) electrons. The molecule has 2 aromatic carbocycles. The van der Waals surface area contributed by atoms with Gasteiger partial charge in [0.25, 0.3) is 0 Å². The largest absolute Gasteiger partial charge is 0.493 e. The standard InChI is InChI=1S/C15H17NO4/c1-17-13-8-12(9-14(18-2)15(13)19-3)20-11-6-4-10(16)5-7-11/h4-9H,16H2,1-3H3. The van der Waals surface area contributed by atoms with E-state index in [0.717, 1.165) is 0 Å². The lowest BCUT2D eigenvalue weighted by Gasteiger charge is -2.14. The minimum absolute atomic E-state index is 0.527. The molecule has 0 aliphatic carbocycles. The molecule has 0 fully saturated rings. The van der Waals surface area contributed by atoms with Crippen LogP contribution in [0.15, 0.2) is 36.4 Å². The van der Waals surface area contributed by atoms with Crippen molar-refractivity contribution >= 4 is 5.69 Å². The monoisotopic (exact) mass is 275 g/mol. The summed E-state index contributed by atoms with van der Waals surface area (Å²) in [4.78, 5) is 0. The van der Waals surface area contributed by atoms with Crippen molar-refractivity contribution in [3.8, 4) is 28.7 Å². The fourth-order valence-corrected chi connectivity index (χ4v) is 1.79. The van der Waals surface area contributed by atoms with E-state index in [1.807, 2.05) is 0 Å². The first-order valence-corrected chi connectivity index (χ1v) is 6.01. The van der Waals surface area contributed by atoms with Gasteiger partial charge in [0.2, 0.25) is 5.75 Å². The molecule has 106 valence electrons. The lowest BCUT2D eigenvalue weighted by atomic mass is 10.2. The number of hydrogen-bond donors (Lipinski definition) is 1. The predicted octanol–water partition coefficient (Wildman–Crippen LogP) is 3.09. The summed E-state index contributed by atoms with van der Waals surface area (Å²) in [5.74, 6) is 2.87. The molecule has 20 heavy (non-hydrogen) atoms. The molecule has 0 aliphatic rings. The van der Waals surface area contributed by atoms with Crippen molar-refractivity contribution in [3.05, 3.63) is 36.4 Å². The van der Waals surface area contributed by atoms with Crippen LogP contribution in [0, 0.1) is 0 Å². The van der Waals surface area contributed by atoms with Crippen molar-refractivity contribution in [2.24, 2.45) is 0 Å². The molecular weight excluding hydrogens is 258 g/mol. The average Bonchev–Trinajstić information content (AvgIpc) is 2.48. The van der Waals surface area contributed by atoms with Gasteiger partial charge in [0.1, 0.15) is 11.5 Å². The number of nitrogens with two attached hydrogens (primary N) is 1. The summed E-state index contributed by atoms with van der Waals surface area (Å²) < 4.78 is 21.5. The molecule has 0 bridgehead atoms. The molecule has 0 unspecified atom stereocenters. The van der Waals surface area contributed by atoms with Gasteiger partial charge in [0.05, 0.1) is 21.3 Å². The summed E-state index contributed by atoms with van der Waals surface area (Å²) in [5, 5.41) is 0. The highest BCUT2D eigenvalue weighted by Gasteiger charge is 2.14. The summed E-state index contributed by atoms with van der Waals surface area (Å²) in [6.45, 7) is 0. The first-order valence-electron chi connectivity index (χ1n) is 6.01. The third kappa shape index (κ3) is 2.88. The number of methoxy groups -OCH3 is 3. The zero-order valence-corrected chi connectivity index (χ0v) is 11.7. The van der Waals surface area contributed by atoms with Gasteiger partial charge >= 0.3 is 0 Å². The number of benzene rings is 2. The van der Waals surface area contributed by atoms with E-state index in [4.69, 9.17) is 24.7 Å². The Hall–Kier alpha value is -2.56. The maximum Gasteiger partial charge on any atom is 0.203 e. The maximum absolute atomic E-state index is 5.75. The SMILES string of the molecule is COc1cc(Oc2ccc(N)cc2)cc(OC)c1OC. The van der Waals surface area contributed by atoms with Crippen molar-refractivity contribution in [1.29, 1.82) is 0 Å². The van der Waals surface area contributed by atoms with E-state index in [-0.39, 0.29) is 0 Å². The van der Waals surface area contributed by atoms with E-state index in [0.29, 0.717) is 34.4 Å². The first kappa shape index (κ1) is 13.9. The Balaban J connectivity index is 2.34. The molecule has 0 aliphatic heterocycles. The van der Waals surface area contributed by atoms with Crippen LogP contribution < -0.4 is 24.7 Å². The van der Waals surface area contributed by atoms with E-state index in [2.05, 4.69) is 0 Å². The first-order chi connectivity index (χ1) is 9.67. The lowest BCUT2D eigenvalue weighted by Crippen LogP contribution is -1.96. The van der Waals surface area contributed by atoms with Crippen molar-refractivity contribution in [2.45, 2.75) is 0 Å². The van der Waals surface area contributed by atoms with Crippen molar-refractivity contribution in [3.63, 3.8) is 0 Å². The third-order valence-electron chi connectivity index (χ3n) is 2.75.